The van der Waals surface area contributed by atoms with Gasteiger partial charge < -0.3 is 10.1 Å². The zero-order chi connectivity index (χ0) is 11.3. The monoisotopic (exact) mass is 243 g/mol. The summed E-state index contributed by atoms with van der Waals surface area (Å²) >= 11 is 2.07. The number of ether oxygens (including phenoxy) is 1. The third kappa shape index (κ3) is 3.38. The second kappa shape index (κ2) is 6.27. The number of hydrogen-bond acceptors (Lipinski definition) is 3. The minimum atomic E-state index is 0.543. The highest BCUT2D eigenvalue weighted by molar-refractivity contribution is 8.00. The maximum absolute atomic E-state index is 5.63. The predicted molar refractivity (Wildman–Crippen MR) is 71.2 cm³/mol. The second-order valence-corrected chi connectivity index (χ2v) is 6.47. The molecule has 16 heavy (non-hydrogen) atoms. The Morgan fingerprint density at radius 2 is 2.12 bits per heavy atom. The van der Waals surface area contributed by atoms with Gasteiger partial charge in [0, 0.05) is 17.9 Å². The van der Waals surface area contributed by atoms with Gasteiger partial charge in [0.15, 0.2) is 0 Å². The minimum Gasteiger partial charge on any atom is -0.378 e. The molecule has 1 unspecified atom stereocenters. The minimum absolute atomic E-state index is 0.543. The van der Waals surface area contributed by atoms with Gasteiger partial charge in [0.1, 0.15) is 0 Å². The first kappa shape index (κ1) is 12.7. The van der Waals surface area contributed by atoms with Gasteiger partial charge in [-0.3, -0.25) is 0 Å². The molecule has 1 saturated carbocycles. The molecule has 0 amide bonds. The molecule has 0 radical (unpaired) electrons. The number of thioether (sulfide) groups is 1. The molecule has 1 N–H and O–H groups in total. The third-order valence-electron chi connectivity index (χ3n) is 4.06. The van der Waals surface area contributed by atoms with Gasteiger partial charge in [-0.15, -0.1) is 0 Å². The van der Waals surface area contributed by atoms with Crippen LogP contribution in [0.15, 0.2) is 0 Å². The van der Waals surface area contributed by atoms with Crippen LogP contribution in [0, 0.1) is 0 Å². The average molecular weight is 243 g/mol. The van der Waals surface area contributed by atoms with Gasteiger partial charge in [-0.05, 0) is 44.9 Å². The summed E-state index contributed by atoms with van der Waals surface area (Å²) in [7, 11) is 0. The molecule has 1 atom stereocenters. The largest absolute Gasteiger partial charge is 0.378 e. The molecule has 2 rings (SSSR count). The third-order valence-corrected chi connectivity index (χ3v) is 5.48. The molecule has 1 aliphatic carbocycles. The SMILES string of the molecule is CSC1(CNCCC2CCCO2)CCCC1. The van der Waals surface area contributed by atoms with Crippen molar-refractivity contribution in [3.63, 3.8) is 0 Å². The molecule has 0 spiro atoms. The van der Waals surface area contributed by atoms with Gasteiger partial charge in [-0.25, -0.2) is 0 Å². The van der Waals surface area contributed by atoms with E-state index in [1.807, 2.05) is 0 Å². The molecule has 0 aromatic carbocycles. The van der Waals surface area contributed by atoms with Crippen LogP contribution in [0.1, 0.15) is 44.9 Å². The lowest BCUT2D eigenvalue weighted by Crippen LogP contribution is -2.36. The van der Waals surface area contributed by atoms with Gasteiger partial charge in [0.25, 0.3) is 0 Å². The number of hydrogen-bond donors (Lipinski definition) is 1. The number of nitrogens with one attached hydrogen (secondary N) is 1. The zero-order valence-corrected chi connectivity index (χ0v) is 11.3. The van der Waals surface area contributed by atoms with E-state index in [4.69, 9.17) is 4.74 Å². The first-order valence-corrected chi connectivity index (χ1v) is 7.95. The van der Waals surface area contributed by atoms with Gasteiger partial charge in [0.05, 0.1) is 6.10 Å². The quantitative estimate of drug-likeness (QED) is 0.725. The van der Waals surface area contributed by atoms with Crippen molar-refractivity contribution in [1.82, 2.24) is 5.32 Å². The van der Waals surface area contributed by atoms with E-state index in [-0.39, 0.29) is 0 Å². The average Bonchev–Trinajstić information content (AvgIpc) is 2.97. The van der Waals surface area contributed by atoms with E-state index in [1.165, 1.54) is 51.5 Å². The molecule has 3 heteroatoms. The molecule has 0 aromatic rings. The van der Waals surface area contributed by atoms with Crippen LogP contribution in [0.5, 0.6) is 0 Å². The normalized spacial score (nSPS) is 28.7. The molecule has 1 heterocycles. The Labute approximate surface area is 104 Å². The van der Waals surface area contributed by atoms with E-state index in [1.54, 1.807) is 0 Å². The van der Waals surface area contributed by atoms with Crippen LogP contribution in [-0.4, -0.2) is 36.8 Å². The van der Waals surface area contributed by atoms with Crippen molar-refractivity contribution >= 4 is 11.8 Å². The maximum atomic E-state index is 5.63. The van der Waals surface area contributed by atoms with Crippen LogP contribution in [0.25, 0.3) is 0 Å². The molecule has 1 aliphatic heterocycles. The molecule has 1 saturated heterocycles. The Morgan fingerprint density at radius 1 is 1.31 bits per heavy atom. The molecular weight excluding hydrogens is 218 g/mol. The Bertz CT molecular complexity index is 198. The summed E-state index contributed by atoms with van der Waals surface area (Å²) in [6.07, 6.45) is 12.2. The lowest BCUT2D eigenvalue weighted by Gasteiger charge is -2.27. The van der Waals surface area contributed by atoms with Gasteiger partial charge in [0.2, 0.25) is 0 Å². The van der Waals surface area contributed by atoms with E-state index in [2.05, 4.69) is 23.3 Å². The van der Waals surface area contributed by atoms with E-state index in [0.717, 1.165) is 13.2 Å². The fraction of sp³-hybridized carbons (Fsp3) is 1.00. The predicted octanol–water partition coefficient (Wildman–Crippen LogP) is 2.82. The highest BCUT2D eigenvalue weighted by atomic mass is 32.2. The van der Waals surface area contributed by atoms with Crippen molar-refractivity contribution in [2.45, 2.75) is 55.8 Å². The van der Waals surface area contributed by atoms with Crippen molar-refractivity contribution in [3.8, 4) is 0 Å². The fourth-order valence-electron chi connectivity index (χ4n) is 2.92. The standard InChI is InChI=1S/C13H25NOS/c1-16-13(7-2-3-8-13)11-14-9-6-12-5-4-10-15-12/h12,14H,2-11H2,1H3. The topological polar surface area (TPSA) is 21.3 Å². The van der Waals surface area contributed by atoms with Crippen molar-refractivity contribution in [1.29, 1.82) is 0 Å². The van der Waals surface area contributed by atoms with Crippen LogP contribution in [0.4, 0.5) is 0 Å². The van der Waals surface area contributed by atoms with Gasteiger partial charge >= 0.3 is 0 Å². The van der Waals surface area contributed by atoms with Crippen LogP contribution in [-0.2, 0) is 4.74 Å². The maximum Gasteiger partial charge on any atom is 0.0588 e. The first-order chi connectivity index (χ1) is 7.85. The number of rotatable bonds is 6. The lowest BCUT2D eigenvalue weighted by molar-refractivity contribution is 0.104. The summed E-state index contributed by atoms with van der Waals surface area (Å²) in [5.41, 5.74) is 0. The highest BCUT2D eigenvalue weighted by Gasteiger charge is 2.32. The van der Waals surface area contributed by atoms with Gasteiger partial charge in [-0.2, -0.15) is 11.8 Å². The van der Waals surface area contributed by atoms with E-state index < -0.39 is 0 Å². The zero-order valence-electron chi connectivity index (χ0n) is 10.5. The van der Waals surface area contributed by atoms with Gasteiger partial charge in [-0.1, -0.05) is 12.8 Å². The summed E-state index contributed by atoms with van der Waals surface area (Å²) < 4.78 is 6.18. The molecule has 0 aromatic heterocycles. The smallest absolute Gasteiger partial charge is 0.0588 e. The Balaban J connectivity index is 1.59. The van der Waals surface area contributed by atoms with Crippen molar-refractivity contribution in [2.75, 3.05) is 26.0 Å². The van der Waals surface area contributed by atoms with E-state index >= 15 is 0 Å². The first-order valence-electron chi connectivity index (χ1n) is 6.72. The Hall–Kier alpha value is 0.270. The molecule has 2 fully saturated rings. The second-order valence-electron chi connectivity index (χ2n) is 5.19. The van der Waals surface area contributed by atoms with E-state index in [0.29, 0.717) is 10.9 Å². The fourth-order valence-corrected chi connectivity index (χ4v) is 3.87. The Morgan fingerprint density at radius 3 is 2.75 bits per heavy atom. The summed E-state index contributed by atoms with van der Waals surface area (Å²) in [6, 6.07) is 0. The molecule has 2 aliphatic rings. The summed E-state index contributed by atoms with van der Waals surface area (Å²) in [5, 5.41) is 3.65. The van der Waals surface area contributed by atoms with Crippen LogP contribution in [0.3, 0.4) is 0 Å². The van der Waals surface area contributed by atoms with E-state index in [9.17, 15) is 0 Å². The summed E-state index contributed by atoms with van der Waals surface area (Å²) in [5.74, 6) is 0. The molecular formula is C13H25NOS. The summed E-state index contributed by atoms with van der Waals surface area (Å²) in [6.45, 7) is 3.31. The van der Waals surface area contributed by atoms with Crippen LogP contribution < -0.4 is 5.32 Å². The molecule has 0 bridgehead atoms. The highest BCUT2D eigenvalue weighted by Crippen LogP contribution is 2.39. The molecule has 2 nitrogen and oxygen atoms in total. The van der Waals surface area contributed by atoms with Crippen molar-refractivity contribution in [2.24, 2.45) is 0 Å². The van der Waals surface area contributed by atoms with Crippen LogP contribution >= 0.6 is 11.8 Å². The lowest BCUT2D eigenvalue weighted by atomic mass is 10.1. The summed E-state index contributed by atoms with van der Waals surface area (Å²) in [4.78, 5) is 0. The Kier molecular flexibility index (Phi) is 4.98. The van der Waals surface area contributed by atoms with Crippen molar-refractivity contribution < 1.29 is 4.74 Å². The van der Waals surface area contributed by atoms with Crippen LogP contribution in [0.2, 0.25) is 0 Å². The van der Waals surface area contributed by atoms with Crippen molar-refractivity contribution in [3.05, 3.63) is 0 Å². The molecule has 94 valence electrons.